The van der Waals surface area contributed by atoms with Gasteiger partial charge < -0.3 is 20.8 Å². The zero-order valence-electron chi connectivity index (χ0n) is 13.5. The minimum Gasteiger partial charge on any atom is -0.487 e. The second kappa shape index (κ2) is 6.57. The van der Waals surface area contributed by atoms with Gasteiger partial charge >= 0.3 is 0 Å². The van der Waals surface area contributed by atoms with Gasteiger partial charge in [-0.3, -0.25) is 9.59 Å². The van der Waals surface area contributed by atoms with Crippen LogP contribution in [0.3, 0.4) is 0 Å². The molecule has 3 rings (SSSR count). The molecular weight excluding hydrogens is 330 g/mol. The van der Waals surface area contributed by atoms with Crippen molar-refractivity contribution in [3.63, 3.8) is 0 Å². The molecule has 0 spiro atoms. The number of hydrogen-bond donors (Lipinski definition) is 3. The molecule has 2 heterocycles. The van der Waals surface area contributed by atoms with Gasteiger partial charge in [-0.2, -0.15) is 0 Å². The minimum atomic E-state index is -0.397. The summed E-state index contributed by atoms with van der Waals surface area (Å²) in [4.78, 5) is 26.0. The van der Waals surface area contributed by atoms with Gasteiger partial charge in [0.1, 0.15) is 11.4 Å². The minimum absolute atomic E-state index is 0. The largest absolute Gasteiger partial charge is 0.487 e. The number of aromatic nitrogens is 1. The number of aromatic amines is 1. The number of carbonyl (C=O) groups is 1. The van der Waals surface area contributed by atoms with Gasteiger partial charge in [-0.05, 0) is 38.1 Å². The van der Waals surface area contributed by atoms with Crippen LogP contribution in [0.25, 0.3) is 0 Å². The van der Waals surface area contributed by atoms with Crippen LogP contribution >= 0.6 is 12.4 Å². The Morgan fingerprint density at radius 1 is 1.33 bits per heavy atom. The first-order chi connectivity index (χ1) is 10.8. The van der Waals surface area contributed by atoms with Gasteiger partial charge in [0.05, 0.1) is 11.6 Å². The van der Waals surface area contributed by atoms with Crippen molar-refractivity contribution in [3.05, 3.63) is 58.0 Å². The smallest absolute Gasteiger partial charge is 0.253 e. The number of benzene rings is 1. The Labute approximate surface area is 145 Å². The average Bonchev–Trinajstić information content (AvgIpc) is 2.48. The summed E-state index contributed by atoms with van der Waals surface area (Å²) in [5.74, 6) is 0.472. The van der Waals surface area contributed by atoms with E-state index in [1.807, 2.05) is 26.0 Å². The highest BCUT2D eigenvalue weighted by atomic mass is 35.5. The van der Waals surface area contributed by atoms with Crippen molar-refractivity contribution in [2.45, 2.75) is 31.9 Å². The summed E-state index contributed by atoms with van der Waals surface area (Å²) < 4.78 is 5.95. The lowest BCUT2D eigenvalue weighted by atomic mass is 9.89. The van der Waals surface area contributed by atoms with Crippen LogP contribution in [0.1, 0.15) is 42.2 Å². The monoisotopic (exact) mass is 349 g/mol. The van der Waals surface area contributed by atoms with Crippen LogP contribution in [0, 0.1) is 0 Å². The molecule has 1 amide bonds. The van der Waals surface area contributed by atoms with E-state index < -0.39 is 5.60 Å². The lowest BCUT2D eigenvalue weighted by Gasteiger charge is -2.38. The van der Waals surface area contributed by atoms with Crippen molar-refractivity contribution >= 4 is 24.0 Å². The summed E-state index contributed by atoms with van der Waals surface area (Å²) in [5, 5.41) is 3.00. The number of carbonyl (C=O) groups excluding carboxylic acids is 1. The molecule has 24 heavy (non-hydrogen) atoms. The number of anilines is 1. The molecule has 0 saturated carbocycles. The second-order valence-corrected chi connectivity index (χ2v) is 6.33. The number of H-pyrrole nitrogens is 1. The number of amides is 1. The van der Waals surface area contributed by atoms with E-state index in [2.05, 4.69) is 10.3 Å². The quantitative estimate of drug-likeness (QED) is 0.725. The van der Waals surface area contributed by atoms with E-state index in [9.17, 15) is 9.59 Å². The maximum atomic E-state index is 12.4. The predicted molar refractivity (Wildman–Crippen MR) is 94.7 cm³/mol. The molecule has 0 bridgehead atoms. The fraction of sp³-hybridized carbons (Fsp3) is 0.294. The van der Waals surface area contributed by atoms with Crippen LogP contribution in [0.5, 0.6) is 5.75 Å². The third-order valence-electron chi connectivity index (χ3n) is 3.84. The zero-order valence-corrected chi connectivity index (χ0v) is 14.3. The number of ether oxygens (including phenoxy) is 1. The van der Waals surface area contributed by atoms with E-state index in [0.29, 0.717) is 17.7 Å². The summed E-state index contributed by atoms with van der Waals surface area (Å²) in [7, 11) is 0. The van der Waals surface area contributed by atoms with Gasteiger partial charge in [-0.15, -0.1) is 12.4 Å². The van der Waals surface area contributed by atoms with E-state index >= 15 is 0 Å². The summed E-state index contributed by atoms with van der Waals surface area (Å²) in [6.07, 6.45) is 2.03. The van der Waals surface area contributed by atoms with E-state index in [-0.39, 0.29) is 29.9 Å². The fourth-order valence-corrected chi connectivity index (χ4v) is 2.80. The van der Waals surface area contributed by atoms with Crippen molar-refractivity contribution < 1.29 is 9.53 Å². The molecule has 4 N–H and O–H groups in total. The first-order valence-corrected chi connectivity index (χ1v) is 7.42. The number of nitrogens with two attached hydrogens (primary N) is 1. The molecular formula is C17H20ClN3O3. The van der Waals surface area contributed by atoms with Crippen molar-refractivity contribution in [1.82, 2.24) is 10.3 Å². The lowest BCUT2D eigenvalue weighted by molar-refractivity contribution is 0.0620. The molecule has 0 radical (unpaired) electrons. The van der Waals surface area contributed by atoms with Crippen LogP contribution in [0.4, 0.5) is 5.69 Å². The molecule has 7 heteroatoms. The van der Waals surface area contributed by atoms with E-state index in [1.54, 1.807) is 6.07 Å². The second-order valence-electron chi connectivity index (χ2n) is 6.33. The molecule has 1 aliphatic rings. The first-order valence-electron chi connectivity index (χ1n) is 7.42. The van der Waals surface area contributed by atoms with E-state index in [1.165, 1.54) is 18.3 Å². The molecule has 1 unspecified atom stereocenters. The number of halogens is 1. The Morgan fingerprint density at radius 2 is 2.08 bits per heavy atom. The van der Waals surface area contributed by atoms with E-state index in [4.69, 9.17) is 10.5 Å². The molecule has 1 aromatic heterocycles. The molecule has 2 aromatic rings. The first kappa shape index (κ1) is 17.9. The molecule has 1 atom stereocenters. The third kappa shape index (κ3) is 3.71. The summed E-state index contributed by atoms with van der Waals surface area (Å²) >= 11 is 0. The van der Waals surface area contributed by atoms with Crippen LogP contribution in [0.2, 0.25) is 0 Å². The number of hydrogen-bond acceptors (Lipinski definition) is 4. The van der Waals surface area contributed by atoms with Gasteiger partial charge in [0.25, 0.3) is 5.91 Å². The maximum Gasteiger partial charge on any atom is 0.253 e. The van der Waals surface area contributed by atoms with Gasteiger partial charge in [0.15, 0.2) is 0 Å². The highest BCUT2D eigenvalue weighted by molar-refractivity contribution is 5.94. The average molecular weight is 350 g/mol. The van der Waals surface area contributed by atoms with Gasteiger partial charge in [0, 0.05) is 29.9 Å². The number of fused-ring (bicyclic) bond motifs is 1. The molecule has 0 saturated heterocycles. The van der Waals surface area contributed by atoms with Crippen molar-refractivity contribution in [2.75, 3.05) is 5.73 Å². The molecule has 6 nitrogen and oxygen atoms in total. The Balaban J connectivity index is 0.00000208. The Morgan fingerprint density at radius 3 is 2.75 bits per heavy atom. The van der Waals surface area contributed by atoms with Crippen LogP contribution < -0.4 is 21.3 Å². The third-order valence-corrected chi connectivity index (χ3v) is 3.84. The van der Waals surface area contributed by atoms with Crippen molar-refractivity contribution in [3.8, 4) is 5.75 Å². The molecule has 1 aromatic carbocycles. The molecule has 0 fully saturated rings. The Kier molecular flexibility index (Phi) is 4.89. The number of nitrogen functional groups attached to an aromatic ring is 1. The highest BCUT2D eigenvalue weighted by Crippen LogP contribution is 2.40. The standard InChI is InChI=1S/C17H19N3O3.ClH/c1-17(2)8-13(12-7-11(18)4-5-14(12)23-17)20-16(22)10-3-6-15(21)19-9-10;/h3-7,9,13H,8,18H2,1-2H3,(H,19,21)(H,20,22);1H. The number of pyridine rings is 1. The lowest BCUT2D eigenvalue weighted by Crippen LogP contribution is -2.41. The van der Waals surface area contributed by atoms with Crippen LogP contribution in [-0.4, -0.2) is 16.5 Å². The fourth-order valence-electron chi connectivity index (χ4n) is 2.80. The maximum absolute atomic E-state index is 12.4. The van der Waals surface area contributed by atoms with Gasteiger partial charge in [-0.25, -0.2) is 0 Å². The normalized spacial score (nSPS) is 17.8. The Bertz CT molecular complexity index is 796. The molecule has 128 valence electrons. The summed E-state index contributed by atoms with van der Waals surface area (Å²) in [6, 6.07) is 8.04. The SMILES string of the molecule is CC1(C)CC(NC(=O)c2ccc(=O)[nH]c2)c2cc(N)ccc2O1.Cl. The number of nitrogens with one attached hydrogen (secondary N) is 2. The zero-order chi connectivity index (χ0) is 16.6. The van der Waals surface area contributed by atoms with E-state index in [0.717, 1.165) is 11.3 Å². The predicted octanol–water partition coefficient (Wildman–Crippen LogP) is 2.41. The molecule has 1 aliphatic heterocycles. The number of rotatable bonds is 2. The highest BCUT2D eigenvalue weighted by Gasteiger charge is 2.34. The topological polar surface area (TPSA) is 97.2 Å². The van der Waals surface area contributed by atoms with Crippen molar-refractivity contribution in [2.24, 2.45) is 0 Å². The van der Waals surface area contributed by atoms with Crippen LogP contribution in [0.15, 0.2) is 41.3 Å². The van der Waals surface area contributed by atoms with Gasteiger partial charge in [-0.1, -0.05) is 0 Å². The molecule has 0 aliphatic carbocycles. The van der Waals surface area contributed by atoms with Crippen molar-refractivity contribution in [1.29, 1.82) is 0 Å². The Hall–Kier alpha value is -2.47. The van der Waals surface area contributed by atoms with Gasteiger partial charge in [0.2, 0.25) is 5.56 Å². The summed E-state index contributed by atoms with van der Waals surface area (Å²) in [6.45, 7) is 3.96. The summed E-state index contributed by atoms with van der Waals surface area (Å²) in [5.41, 5.74) is 7.11. The van der Waals surface area contributed by atoms with Crippen LogP contribution in [-0.2, 0) is 0 Å².